The van der Waals surface area contributed by atoms with Gasteiger partial charge in [-0.3, -0.25) is 4.79 Å². The van der Waals surface area contributed by atoms with Gasteiger partial charge in [-0.05, 0) is 54.6 Å². The molecule has 0 amide bonds. The van der Waals surface area contributed by atoms with Crippen LogP contribution in [0.15, 0.2) is 47.7 Å². The van der Waals surface area contributed by atoms with E-state index in [9.17, 15) is 9.18 Å². The molecule has 1 aromatic carbocycles. The van der Waals surface area contributed by atoms with E-state index in [1.165, 1.54) is 12.1 Å². The summed E-state index contributed by atoms with van der Waals surface area (Å²) in [7, 11) is 0. The van der Waals surface area contributed by atoms with E-state index >= 15 is 4.39 Å². The molecule has 29 heavy (non-hydrogen) atoms. The summed E-state index contributed by atoms with van der Waals surface area (Å²) in [5.41, 5.74) is 1.62. The molecule has 2 atom stereocenters. The van der Waals surface area contributed by atoms with Crippen LogP contribution in [0.25, 0.3) is 27.5 Å². The molecule has 5 rings (SSSR count). The van der Waals surface area contributed by atoms with Crippen molar-refractivity contribution in [3.8, 4) is 11.1 Å². The Bertz CT molecular complexity index is 1320. The third-order valence-electron chi connectivity index (χ3n) is 5.78. The maximum Gasteiger partial charge on any atom is 0.261 e. The minimum absolute atomic E-state index is 0.00644. The third kappa shape index (κ3) is 2.84. The second kappa shape index (κ2) is 6.49. The fourth-order valence-electron chi connectivity index (χ4n) is 4.28. The molecule has 4 aromatic rings. The number of hydrogen-bond acceptors (Lipinski definition) is 3. The van der Waals surface area contributed by atoms with Crippen LogP contribution in [-0.2, 0) is 0 Å². The van der Waals surface area contributed by atoms with E-state index in [-0.39, 0.29) is 22.6 Å². The van der Waals surface area contributed by atoms with Gasteiger partial charge >= 0.3 is 0 Å². The zero-order valence-corrected chi connectivity index (χ0v) is 16.1. The maximum absolute atomic E-state index is 15.0. The monoisotopic (exact) mass is 394 g/mol. The number of aryl methyl sites for hydroxylation is 1. The Morgan fingerprint density at radius 3 is 2.66 bits per heavy atom. The summed E-state index contributed by atoms with van der Waals surface area (Å²) in [6.07, 6.45) is 5.16. The summed E-state index contributed by atoms with van der Waals surface area (Å²) in [4.78, 5) is 17.1. The summed E-state index contributed by atoms with van der Waals surface area (Å²) >= 11 is 0. The minimum Gasteiger partial charge on any atom is -0.314 e. The number of fused-ring (bicyclic) bond motifs is 2. The topological polar surface area (TPSA) is 51.3 Å². The van der Waals surface area contributed by atoms with Gasteiger partial charge in [0.2, 0.25) is 0 Å². The average Bonchev–Trinajstić information content (AvgIpc) is 3.26. The molecule has 0 saturated carbocycles. The van der Waals surface area contributed by atoms with Crippen LogP contribution in [0.2, 0.25) is 0 Å². The number of halogens is 2. The van der Waals surface area contributed by atoms with Crippen molar-refractivity contribution in [3.63, 3.8) is 0 Å². The van der Waals surface area contributed by atoms with Gasteiger partial charge in [0.05, 0.1) is 17.1 Å². The predicted octanol–water partition coefficient (Wildman–Crippen LogP) is 3.68. The Morgan fingerprint density at radius 2 is 1.90 bits per heavy atom. The van der Waals surface area contributed by atoms with Crippen molar-refractivity contribution in [2.75, 3.05) is 13.1 Å². The predicted molar refractivity (Wildman–Crippen MR) is 108 cm³/mol. The molecule has 0 aliphatic carbocycles. The van der Waals surface area contributed by atoms with Crippen molar-refractivity contribution in [3.05, 3.63) is 70.5 Å². The Balaban J connectivity index is 1.67. The lowest BCUT2D eigenvalue weighted by molar-refractivity contribution is 0.428. The highest BCUT2D eigenvalue weighted by atomic mass is 19.1. The van der Waals surface area contributed by atoms with Crippen LogP contribution in [0, 0.1) is 24.5 Å². The van der Waals surface area contributed by atoms with Crippen molar-refractivity contribution < 1.29 is 8.78 Å². The molecule has 0 radical (unpaired) electrons. The molecule has 3 aromatic heterocycles. The highest BCUT2D eigenvalue weighted by Crippen LogP contribution is 2.28. The van der Waals surface area contributed by atoms with Crippen LogP contribution in [0.5, 0.6) is 0 Å². The van der Waals surface area contributed by atoms with Gasteiger partial charge in [-0.1, -0.05) is 6.92 Å². The summed E-state index contributed by atoms with van der Waals surface area (Å²) in [5.74, 6) is -0.784. The first kappa shape index (κ1) is 18.0. The lowest BCUT2D eigenvalue weighted by atomic mass is 10.0. The van der Waals surface area contributed by atoms with Gasteiger partial charge in [0.15, 0.2) is 11.5 Å². The Labute approximate surface area is 165 Å². The van der Waals surface area contributed by atoms with Crippen molar-refractivity contribution in [2.45, 2.75) is 19.9 Å². The summed E-state index contributed by atoms with van der Waals surface area (Å²) < 4.78 is 32.7. The number of aromatic nitrogens is 3. The van der Waals surface area contributed by atoms with Gasteiger partial charge in [0.25, 0.3) is 5.56 Å². The van der Waals surface area contributed by atoms with Crippen LogP contribution >= 0.6 is 0 Å². The Hall–Kier alpha value is -3.06. The number of imidazole rings is 1. The van der Waals surface area contributed by atoms with Crippen molar-refractivity contribution in [2.24, 2.45) is 5.92 Å². The standard InChI is InChI=1S/C22H20F2N4O/c1-12-8-25-9-19(12)28-4-3-14-5-15(6-17(23)20(14)22(28)29)16-7-18(24)21-26-13(2)10-27(21)11-16/h3-7,10-12,19,25H,8-9H2,1-2H3/t12-,19-/m1/s1. The van der Waals surface area contributed by atoms with Crippen LogP contribution < -0.4 is 10.9 Å². The molecule has 1 aliphatic rings. The second-order valence-electron chi connectivity index (χ2n) is 7.84. The molecule has 1 aliphatic heterocycles. The zero-order chi connectivity index (χ0) is 20.3. The Morgan fingerprint density at radius 1 is 1.10 bits per heavy atom. The smallest absolute Gasteiger partial charge is 0.261 e. The first-order valence-corrected chi connectivity index (χ1v) is 9.63. The molecule has 5 nitrogen and oxygen atoms in total. The number of benzene rings is 1. The number of rotatable bonds is 2. The summed E-state index contributed by atoms with van der Waals surface area (Å²) in [5, 5.41) is 3.83. The molecule has 0 spiro atoms. The quantitative estimate of drug-likeness (QED) is 0.564. The normalized spacial score (nSPS) is 19.4. The number of pyridine rings is 2. The van der Waals surface area contributed by atoms with Crippen LogP contribution in [-0.4, -0.2) is 27.0 Å². The van der Waals surface area contributed by atoms with E-state index in [0.29, 0.717) is 34.7 Å². The third-order valence-corrected chi connectivity index (χ3v) is 5.78. The second-order valence-corrected chi connectivity index (χ2v) is 7.84. The molecule has 1 saturated heterocycles. The van der Waals surface area contributed by atoms with E-state index < -0.39 is 11.6 Å². The molecule has 148 valence electrons. The van der Waals surface area contributed by atoms with Gasteiger partial charge in [0, 0.05) is 30.7 Å². The fourth-order valence-corrected chi connectivity index (χ4v) is 4.28. The van der Waals surface area contributed by atoms with Crippen molar-refractivity contribution in [1.29, 1.82) is 0 Å². The molecule has 1 N–H and O–H groups in total. The highest BCUT2D eigenvalue weighted by Gasteiger charge is 2.26. The molecular formula is C22H20F2N4O. The van der Waals surface area contributed by atoms with Gasteiger partial charge in [-0.15, -0.1) is 0 Å². The first-order valence-electron chi connectivity index (χ1n) is 9.63. The lowest BCUT2D eigenvalue weighted by Gasteiger charge is -2.18. The number of nitrogens with zero attached hydrogens (tertiary/aromatic N) is 3. The van der Waals surface area contributed by atoms with Crippen molar-refractivity contribution >= 4 is 16.4 Å². The fraction of sp³-hybridized carbons (Fsp3) is 0.273. The van der Waals surface area contributed by atoms with E-state index in [1.807, 2.05) is 0 Å². The highest BCUT2D eigenvalue weighted by molar-refractivity contribution is 5.87. The number of hydrogen-bond donors (Lipinski definition) is 1. The summed E-state index contributed by atoms with van der Waals surface area (Å²) in [6, 6.07) is 6.13. The molecular weight excluding hydrogens is 374 g/mol. The minimum atomic E-state index is -0.599. The van der Waals surface area contributed by atoms with E-state index in [2.05, 4.69) is 17.2 Å². The van der Waals surface area contributed by atoms with Gasteiger partial charge < -0.3 is 14.3 Å². The molecule has 4 heterocycles. The molecule has 7 heteroatoms. The largest absolute Gasteiger partial charge is 0.314 e. The molecule has 1 fully saturated rings. The van der Waals surface area contributed by atoms with Gasteiger partial charge in [0.1, 0.15) is 5.82 Å². The maximum atomic E-state index is 15.0. The molecule has 0 unspecified atom stereocenters. The van der Waals surface area contributed by atoms with E-state index in [4.69, 9.17) is 0 Å². The van der Waals surface area contributed by atoms with Crippen LogP contribution in [0.4, 0.5) is 8.78 Å². The van der Waals surface area contributed by atoms with E-state index in [0.717, 1.165) is 6.54 Å². The Kier molecular flexibility index (Phi) is 4.03. The van der Waals surface area contributed by atoms with E-state index in [1.54, 1.807) is 46.6 Å². The SMILES string of the molecule is Cc1cn2cc(-c3cc(F)c4c(=O)n([C@@H]5CNC[C@H]5C)ccc4c3)cc(F)c2n1. The van der Waals surface area contributed by atoms with Gasteiger partial charge in [-0.25, -0.2) is 13.8 Å². The lowest BCUT2D eigenvalue weighted by Crippen LogP contribution is -2.28. The molecule has 0 bridgehead atoms. The van der Waals surface area contributed by atoms with Gasteiger partial charge in [-0.2, -0.15) is 0 Å². The van der Waals surface area contributed by atoms with Crippen molar-refractivity contribution in [1.82, 2.24) is 19.3 Å². The summed E-state index contributed by atoms with van der Waals surface area (Å²) in [6.45, 7) is 5.38. The number of nitrogens with one attached hydrogen (secondary N) is 1. The van der Waals surface area contributed by atoms with Crippen LogP contribution in [0.1, 0.15) is 18.7 Å². The average molecular weight is 394 g/mol. The first-order chi connectivity index (χ1) is 13.9. The van der Waals surface area contributed by atoms with Crippen LogP contribution in [0.3, 0.4) is 0 Å². The zero-order valence-electron chi connectivity index (χ0n) is 16.1.